The van der Waals surface area contributed by atoms with Crippen LogP contribution < -0.4 is 5.32 Å². The predicted molar refractivity (Wildman–Crippen MR) is 88.6 cm³/mol. The molecule has 0 aromatic heterocycles. The number of amides is 2. The van der Waals surface area contributed by atoms with Crippen molar-refractivity contribution in [3.05, 3.63) is 29.6 Å². The minimum Gasteiger partial charge on any atom is -0.341 e. The fourth-order valence-corrected chi connectivity index (χ4v) is 4.46. The standard InChI is InChI=1S/C16H19F3N2O4S/c1-16(2,15(23)21(3)9-6-7-26(24,25)8-9)14(22)20-11-5-4-10(17)12(18)13(11)19/h4-5,9H,6-8H2,1-3H3,(H,20,22). The maximum atomic E-state index is 13.7. The number of carbonyl (C=O) groups excluding carboxylic acids is 2. The molecule has 1 aliphatic rings. The van der Waals surface area contributed by atoms with Crippen LogP contribution in [-0.2, 0) is 19.4 Å². The Hall–Kier alpha value is -2.10. The summed E-state index contributed by atoms with van der Waals surface area (Å²) in [5.74, 6) is -6.54. The summed E-state index contributed by atoms with van der Waals surface area (Å²) in [5.41, 5.74) is -2.28. The zero-order valence-corrected chi connectivity index (χ0v) is 15.3. The molecule has 1 aliphatic heterocycles. The Labute approximate surface area is 149 Å². The van der Waals surface area contributed by atoms with E-state index in [-0.39, 0.29) is 17.9 Å². The van der Waals surface area contributed by atoms with Crippen molar-refractivity contribution >= 4 is 27.3 Å². The Bertz CT molecular complexity index is 855. The van der Waals surface area contributed by atoms with E-state index in [2.05, 4.69) is 5.32 Å². The molecule has 0 radical (unpaired) electrons. The second-order valence-electron chi connectivity index (χ2n) is 6.77. The van der Waals surface area contributed by atoms with E-state index in [1.54, 1.807) is 0 Å². The molecule has 0 saturated carbocycles. The topological polar surface area (TPSA) is 83.6 Å². The van der Waals surface area contributed by atoms with Crippen LogP contribution in [0, 0.1) is 22.9 Å². The molecule has 0 spiro atoms. The Morgan fingerprint density at radius 3 is 2.35 bits per heavy atom. The third-order valence-electron chi connectivity index (χ3n) is 4.46. The fourth-order valence-electron chi connectivity index (χ4n) is 2.69. The summed E-state index contributed by atoms with van der Waals surface area (Å²) in [5, 5.41) is 2.07. The van der Waals surface area contributed by atoms with E-state index in [0.717, 1.165) is 6.07 Å². The van der Waals surface area contributed by atoms with Crippen molar-refractivity contribution in [3.63, 3.8) is 0 Å². The van der Waals surface area contributed by atoms with Gasteiger partial charge in [0.15, 0.2) is 27.3 Å². The van der Waals surface area contributed by atoms with Crippen molar-refractivity contribution in [2.24, 2.45) is 5.41 Å². The average molecular weight is 392 g/mol. The first kappa shape index (κ1) is 20.2. The smallest absolute Gasteiger partial charge is 0.239 e. The normalized spacial score (nSPS) is 19.2. The number of halogens is 3. The van der Waals surface area contributed by atoms with Gasteiger partial charge < -0.3 is 10.2 Å². The van der Waals surface area contributed by atoms with Gasteiger partial charge in [0.25, 0.3) is 0 Å². The van der Waals surface area contributed by atoms with Gasteiger partial charge in [-0.15, -0.1) is 0 Å². The molecule has 26 heavy (non-hydrogen) atoms. The minimum atomic E-state index is -3.22. The number of carbonyl (C=O) groups is 2. The molecule has 0 bridgehead atoms. The lowest BCUT2D eigenvalue weighted by Crippen LogP contribution is -2.49. The first-order valence-corrected chi connectivity index (χ1v) is 9.61. The quantitative estimate of drug-likeness (QED) is 0.625. The van der Waals surface area contributed by atoms with E-state index in [0.29, 0.717) is 6.07 Å². The van der Waals surface area contributed by atoms with E-state index in [1.807, 2.05) is 0 Å². The van der Waals surface area contributed by atoms with Crippen molar-refractivity contribution in [3.8, 4) is 0 Å². The van der Waals surface area contributed by atoms with Gasteiger partial charge in [0.2, 0.25) is 11.8 Å². The number of nitrogens with one attached hydrogen (secondary N) is 1. The van der Waals surface area contributed by atoms with Crippen LogP contribution in [0.25, 0.3) is 0 Å². The molecule has 1 aromatic rings. The minimum absolute atomic E-state index is 0.0397. The highest BCUT2D eigenvalue weighted by molar-refractivity contribution is 7.91. The molecule has 1 fully saturated rings. The monoisotopic (exact) mass is 392 g/mol. The number of hydrogen-bond donors (Lipinski definition) is 1. The van der Waals surface area contributed by atoms with Crippen LogP contribution in [-0.4, -0.2) is 49.7 Å². The van der Waals surface area contributed by atoms with Crippen molar-refractivity contribution in [2.45, 2.75) is 26.3 Å². The van der Waals surface area contributed by atoms with Gasteiger partial charge in [0, 0.05) is 13.1 Å². The largest absolute Gasteiger partial charge is 0.341 e. The van der Waals surface area contributed by atoms with Gasteiger partial charge in [-0.05, 0) is 32.4 Å². The number of sulfone groups is 1. The lowest BCUT2D eigenvalue weighted by Gasteiger charge is -2.31. The maximum Gasteiger partial charge on any atom is 0.239 e. The number of nitrogens with zero attached hydrogens (tertiary/aromatic N) is 1. The van der Waals surface area contributed by atoms with E-state index < -0.39 is 56.2 Å². The Morgan fingerprint density at radius 1 is 1.19 bits per heavy atom. The van der Waals surface area contributed by atoms with E-state index in [4.69, 9.17) is 0 Å². The first-order chi connectivity index (χ1) is 11.9. The van der Waals surface area contributed by atoms with Gasteiger partial charge in [-0.3, -0.25) is 9.59 Å². The van der Waals surface area contributed by atoms with E-state index >= 15 is 0 Å². The first-order valence-electron chi connectivity index (χ1n) is 7.79. The molecule has 10 heteroatoms. The van der Waals surface area contributed by atoms with Gasteiger partial charge in [-0.2, -0.15) is 0 Å². The molecule has 2 rings (SSSR count). The summed E-state index contributed by atoms with van der Waals surface area (Å²) in [7, 11) is -1.83. The number of rotatable bonds is 4. The predicted octanol–water partition coefficient (Wildman–Crippen LogP) is 1.71. The van der Waals surface area contributed by atoms with Crippen molar-refractivity contribution in [1.82, 2.24) is 4.90 Å². The van der Waals surface area contributed by atoms with Crippen LogP contribution in [0.5, 0.6) is 0 Å². The van der Waals surface area contributed by atoms with Crippen LogP contribution in [0.15, 0.2) is 12.1 Å². The zero-order chi connectivity index (χ0) is 19.9. The van der Waals surface area contributed by atoms with Crippen LogP contribution in [0.1, 0.15) is 20.3 Å². The fraction of sp³-hybridized carbons (Fsp3) is 0.500. The molecule has 2 amide bonds. The second kappa shape index (κ2) is 6.90. The molecule has 1 saturated heterocycles. The summed E-state index contributed by atoms with van der Waals surface area (Å²) in [6.45, 7) is 2.56. The molecule has 1 unspecified atom stereocenters. The van der Waals surface area contributed by atoms with Crippen LogP contribution in [0.4, 0.5) is 18.9 Å². The highest BCUT2D eigenvalue weighted by atomic mass is 32.2. The van der Waals surface area contributed by atoms with E-state index in [9.17, 15) is 31.2 Å². The average Bonchev–Trinajstić information content (AvgIpc) is 2.93. The number of hydrogen-bond acceptors (Lipinski definition) is 4. The third kappa shape index (κ3) is 3.84. The molecule has 1 atom stereocenters. The SMILES string of the molecule is CN(C(=O)C(C)(C)C(=O)Nc1ccc(F)c(F)c1F)C1CCS(=O)(=O)C1. The molecule has 144 valence electrons. The summed E-state index contributed by atoms with van der Waals surface area (Å²) in [4.78, 5) is 26.2. The summed E-state index contributed by atoms with van der Waals surface area (Å²) in [6, 6.07) is 0.942. The Balaban J connectivity index is 2.17. The Kier molecular flexibility index (Phi) is 5.36. The molecule has 0 aliphatic carbocycles. The summed E-state index contributed by atoms with van der Waals surface area (Å²) >= 11 is 0. The zero-order valence-electron chi connectivity index (χ0n) is 14.5. The highest BCUT2D eigenvalue weighted by Crippen LogP contribution is 2.27. The lowest BCUT2D eigenvalue weighted by molar-refractivity contribution is -0.146. The van der Waals surface area contributed by atoms with Gasteiger partial charge in [0.05, 0.1) is 17.2 Å². The van der Waals surface area contributed by atoms with Gasteiger partial charge in [-0.1, -0.05) is 0 Å². The second-order valence-corrected chi connectivity index (χ2v) is 9.00. The molecular weight excluding hydrogens is 373 g/mol. The molecular formula is C16H19F3N2O4S. The van der Waals surface area contributed by atoms with Crippen LogP contribution in [0.2, 0.25) is 0 Å². The maximum absolute atomic E-state index is 13.7. The van der Waals surface area contributed by atoms with Gasteiger partial charge in [0.1, 0.15) is 5.41 Å². The summed E-state index contributed by atoms with van der Waals surface area (Å²) in [6.07, 6.45) is 0.264. The number of benzene rings is 1. The third-order valence-corrected chi connectivity index (χ3v) is 6.21. The lowest BCUT2D eigenvalue weighted by atomic mass is 9.89. The Morgan fingerprint density at radius 2 is 1.81 bits per heavy atom. The highest BCUT2D eigenvalue weighted by Gasteiger charge is 2.42. The molecule has 1 N–H and O–H groups in total. The molecule has 1 heterocycles. The van der Waals surface area contributed by atoms with Crippen LogP contribution >= 0.6 is 0 Å². The van der Waals surface area contributed by atoms with Gasteiger partial charge >= 0.3 is 0 Å². The number of anilines is 1. The van der Waals surface area contributed by atoms with Crippen molar-refractivity contribution < 1.29 is 31.2 Å². The molecule has 1 aromatic carbocycles. The van der Waals surface area contributed by atoms with Crippen molar-refractivity contribution in [1.29, 1.82) is 0 Å². The summed E-state index contributed by atoms with van der Waals surface area (Å²) < 4.78 is 63.1. The van der Waals surface area contributed by atoms with Crippen molar-refractivity contribution in [2.75, 3.05) is 23.9 Å². The van der Waals surface area contributed by atoms with E-state index in [1.165, 1.54) is 25.8 Å². The van der Waals surface area contributed by atoms with Crippen LogP contribution in [0.3, 0.4) is 0 Å². The molecule has 6 nitrogen and oxygen atoms in total. The van der Waals surface area contributed by atoms with Gasteiger partial charge in [-0.25, -0.2) is 21.6 Å².